The van der Waals surface area contributed by atoms with E-state index in [9.17, 15) is 18.0 Å². The molecule has 0 aliphatic carbocycles. The normalized spacial score (nSPS) is 20.7. The molecule has 23 heavy (non-hydrogen) atoms. The molecular formula is C13H11Cl2F3N2O3. The van der Waals surface area contributed by atoms with Crippen LogP contribution in [-0.4, -0.2) is 24.7 Å². The average molecular weight is 371 g/mol. The maximum atomic E-state index is 13.6. The summed E-state index contributed by atoms with van der Waals surface area (Å²) >= 11 is 11.5. The van der Waals surface area contributed by atoms with Crippen molar-refractivity contribution in [3.05, 3.63) is 33.8 Å². The highest BCUT2D eigenvalue weighted by molar-refractivity contribution is 6.34. The van der Waals surface area contributed by atoms with Gasteiger partial charge in [0.15, 0.2) is 5.84 Å². The van der Waals surface area contributed by atoms with E-state index in [1.54, 1.807) is 6.92 Å². The summed E-state index contributed by atoms with van der Waals surface area (Å²) in [6, 6.07) is 3.47. The number of carbonyl (C=O) groups excluding carboxylic acids is 1. The van der Waals surface area contributed by atoms with Gasteiger partial charge < -0.3 is 9.57 Å². The van der Waals surface area contributed by atoms with Gasteiger partial charge in [0.2, 0.25) is 0 Å². The molecule has 1 aliphatic rings. The molecule has 0 radical (unpaired) electrons. The second-order valence-corrected chi connectivity index (χ2v) is 5.51. The van der Waals surface area contributed by atoms with Crippen LogP contribution in [0.2, 0.25) is 10.0 Å². The lowest BCUT2D eigenvalue weighted by atomic mass is 9.89. The largest absolute Gasteiger partial charge is 0.450 e. The van der Waals surface area contributed by atoms with Crippen LogP contribution < -0.4 is 5.32 Å². The Morgan fingerprint density at radius 2 is 2.00 bits per heavy atom. The second-order valence-electron chi connectivity index (χ2n) is 4.63. The summed E-state index contributed by atoms with van der Waals surface area (Å²) in [6.07, 6.45) is -6.48. The predicted octanol–water partition coefficient (Wildman–Crippen LogP) is 4.23. The maximum absolute atomic E-state index is 13.6. The van der Waals surface area contributed by atoms with Gasteiger partial charge >= 0.3 is 12.3 Å². The summed E-state index contributed by atoms with van der Waals surface area (Å²) in [4.78, 5) is 16.0. The van der Waals surface area contributed by atoms with E-state index in [1.165, 1.54) is 6.07 Å². The Morgan fingerprint density at radius 1 is 1.39 bits per heavy atom. The van der Waals surface area contributed by atoms with Gasteiger partial charge in [0.25, 0.3) is 5.60 Å². The molecule has 0 saturated carbocycles. The van der Waals surface area contributed by atoms with E-state index in [4.69, 9.17) is 23.2 Å². The minimum atomic E-state index is -4.82. The van der Waals surface area contributed by atoms with Gasteiger partial charge in [-0.15, -0.1) is 0 Å². The lowest BCUT2D eigenvalue weighted by Crippen LogP contribution is -2.44. The number of ether oxygens (including phenoxy) is 1. The van der Waals surface area contributed by atoms with Crippen LogP contribution in [0.1, 0.15) is 18.9 Å². The first-order valence-electron chi connectivity index (χ1n) is 6.40. The van der Waals surface area contributed by atoms with Crippen LogP contribution in [0.5, 0.6) is 0 Å². The van der Waals surface area contributed by atoms with Gasteiger partial charge in [-0.25, -0.2) is 4.79 Å². The molecular weight excluding hydrogens is 360 g/mol. The fraction of sp³-hybridized carbons (Fsp3) is 0.385. The van der Waals surface area contributed by atoms with Gasteiger partial charge in [-0.1, -0.05) is 28.4 Å². The fourth-order valence-corrected chi connectivity index (χ4v) is 2.57. The number of rotatable bonds is 2. The van der Waals surface area contributed by atoms with Crippen molar-refractivity contribution in [2.24, 2.45) is 5.16 Å². The summed E-state index contributed by atoms with van der Waals surface area (Å²) in [7, 11) is 0. The molecule has 1 N–H and O–H groups in total. The van der Waals surface area contributed by atoms with Crippen LogP contribution in [-0.2, 0) is 15.2 Å². The number of amides is 1. The smallest absolute Gasteiger partial charge is 0.435 e. The van der Waals surface area contributed by atoms with E-state index >= 15 is 0 Å². The van der Waals surface area contributed by atoms with Crippen molar-refractivity contribution in [1.82, 2.24) is 5.32 Å². The Labute approximate surface area is 139 Å². The number of nitrogens with one attached hydrogen (secondary N) is 1. The van der Waals surface area contributed by atoms with Crippen molar-refractivity contribution in [2.45, 2.75) is 25.1 Å². The molecule has 2 rings (SSSR count). The summed E-state index contributed by atoms with van der Waals surface area (Å²) in [5.41, 5.74) is -3.09. The number of oxime groups is 1. The molecule has 1 heterocycles. The molecule has 0 fully saturated rings. The molecule has 5 nitrogen and oxygen atoms in total. The van der Waals surface area contributed by atoms with E-state index < -0.39 is 24.3 Å². The van der Waals surface area contributed by atoms with Crippen molar-refractivity contribution in [1.29, 1.82) is 0 Å². The van der Waals surface area contributed by atoms with Gasteiger partial charge in [-0.2, -0.15) is 13.2 Å². The van der Waals surface area contributed by atoms with Crippen LogP contribution in [0.3, 0.4) is 0 Å². The first kappa shape index (κ1) is 17.7. The van der Waals surface area contributed by atoms with Gasteiger partial charge in [-0.05, 0) is 25.1 Å². The molecule has 10 heteroatoms. The first-order valence-corrected chi connectivity index (χ1v) is 7.15. The summed E-state index contributed by atoms with van der Waals surface area (Å²) in [5, 5.41) is 5.46. The standard InChI is InChI=1S/C13H11Cl2F3N2O3/c1-2-22-11(21)19-10-6-12(23-20-10,13(16,17)18)7-3-8(14)5-9(15)4-7/h3-5H,2,6H2,1H3,(H,19,20,21). The lowest BCUT2D eigenvalue weighted by Gasteiger charge is -2.29. The number of halogens is 5. The number of alkyl carbamates (subject to hydrolysis) is 1. The van der Waals surface area contributed by atoms with E-state index in [2.05, 4.69) is 20.0 Å². The van der Waals surface area contributed by atoms with Crippen molar-refractivity contribution >= 4 is 35.1 Å². The van der Waals surface area contributed by atoms with Crippen LogP contribution >= 0.6 is 23.2 Å². The Bertz CT molecular complexity index is 632. The van der Waals surface area contributed by atoms with Gasteiger partial charge in [0, 0.05) is 15.6 Å². The molecule has 1 aromatic rings. The Kier molecular flexibility index (Phi) is 4.95. The van der Waals surface area contributed by atoms with E-state index in [0.717, 1.165) is 12.1 Å². The molecule has 1 unspecified atom stereocenters. The third-order valence-corrected chi connectivity index (χ3v) is 3.47. The number of benzene rings is 1. The Morgan fingerprint density at radius 3 is 2.52 bits per heavy atom. The number of amidine groups is 1. The number of nitrogens with zero attached hydrogens (tertiary/aromatic N) is 1. The number of hydrogen-bond donors (Lipinski definition) is 1. The topological polar surface area (TPSA) is 59.9 Å². The quantitative estimate of drug-likeness (QED) is 0.847. The zero-order valence-corrected chi connectivity index (χ0v) is 13.2. The van der Waals surface area contributed by atoms with E-state index in [1.807, 2.05) is 0 Å². The first-order chi connectivity index (χ1) is 10.7. The minimum Gasteiger partial charge on any atom is -0.450 e. The predicted molar refractivity (Wildman–Crippen MR) is 77.5 cm³/mol. The molecule has 126 valence electrons. The lowest BCUT2D eigenvalue weighted by molar-refractivity contribution is -0.275. The van der Waals surface area contributed by atoms with Gasteiger partial charge in [0.05, 0.1) is 13.0 Å². The zero-order valence-electron chi connectivity index (χ0n) is 11.7. The molecule has 1 aromatic carbocycles. The molecule has 1 aliphatic heterocycles. The maximum Gasteiger partial charge on any atom is 0.435 e. The third-order valence-electron chi connectivity index (χ3n) is 3.04. The summed E-state index contributed by atoms with van der Waals surface area (Å²) in [6.45, 7) is 1.62. The third kappa shape index (κ3) is 3.64. The van der Waals surface area contributed by atoms with Gasteiger partial charge in [0.1, 0.15) is 0 Å². The molecule has 0 spiro atoms. The summed E-state index contributed by atoms with van der Waals surface area (Å²) in [5.74, 6) is -0.308. The van der Waals surface area contributed by atoms with Crippen molar-refractivity contribution < 1.29 is 27.5 Å². The molecule has 0 saturated heterocycles. The molecule has 0 bridgehead atoms. The molecule has 1 atom stereocenters. The molecule has 0 aromatic heterocycles. The van der Waals surface area contributed by atoms with E-state index in [-0.39, 0.29) is 28.1 Å². The fourth-order valence-electron chi connectivity index (χ4n) is 2.04. The average Bonchev–Trinajstić information content (AvgIpc) is 2.82. The second kappa shape index (κ2) is 6.45. The van der Waals surface area contributed by atoms with Crippen molar-refractivity contribution in [3.8, 4) is 0 Å². The van der Waals surface area contributed by atoms with Crippen LogP contribution in [0, 0.1) is 0 Å². The number of hydrogen-bond acceptors (Lipinski definition) is 4. The van der Waals surface area contributed by atoms with Crippen LogP contribution in [0.4, 0.5) is 18.0 Å². The zero-order chi connectivity index (χ0) is 17.3. The highest BCUT2D eigenvalue weighted by Crippen LogP contribution is 2.48. The monoisotopic (exact) mass is 370 g/mol. The highest BCUT2D eigenvalue weighted by atomic mass is 35.5. The van der Waals surface area contributed by atoms with Crippen LogP contribution in [0.25, 0.3) is 0 Å². The Balaban J connectivity index is 2.33. The van der Waals surface area contributed by atoms with Gasteiger partial charge in [-0.3, -0.25) is 5.32 Å². The number of alkyl halides is 3. The Hall–Kier alpha value is -1.67. The summed E-state index contributed by atoms with van der Waals surface area (Å²) < 4.78 is 45.4. The number of carbonyl (C=O) groups is 1. The minimum absolute atomic E-state index is 0.0199. The van der Waals surface area contributed by atoms with Crippen molar-refractivity contribution in [2.75, 3.05) is 6.61 Å². The van der Waals surface area contributed by atoms with Crippen LogP contribution in [0.15, 0.2) is 23.4 Å². The highest BCUT2D eigenvalue weighted by Gasteiger charge is 2.62. The van der Waals surface area contributed by atoms with E-state index in [0.29, 0.717) is 0 Å². The molecule has 1 amide bonds. The SMILES string of the molecule is CCOC(=O)NC1=NOC(c2cc(Cl)cc(Cl)c2)(C(F)(F)F)C1. The van der Waals surface area contributed by atoms with Crippen molar-refractivity contribution in [3.63, 3.8) is 0 Å².